The van der Waals surface area contributed by atoms with Gasteiger partial charge < -0.3 is 10.2 Å². The third-order valence-electron chi connectivity index (χ3n) is 3.95. The highest BCUT2D eigenvalue weighted by Crippen LogP contribution is 2.18. The predicted molar refractivity (Wildman–Crippen MR) is 97.5 cm³/mol. The van der Waals surface area contributed by atoms with Crippen molar-refractivity contribution in [2.75, 3.05) is 44.7 Å². The molecule has 1 aromatic heterocycles. The Bertz CT molecular complexity index is 740. The van der Waals surface area contributed by atoms with Crippen LogP contribution in [-0.2, 0) is 0 Å². The molecule has 2 aromatic rings. The lowest BCUT2D eigenvalue weighted by Crippen LogP contribution is -2.46. The Kier molecular flexibility index (Phi) is 5.47. The van der Waals surface area contributed by atoms with Crippen molar-refractivity contribution in [1.82, 2.24) is 15.2 Å². The molecule has 1 N–H and O–H groups in total. The number of nitrogens with one attached hydrogen (secondary N) is 1. The van der Waals surface area contributed by atoms with Gasteiger partial charge in [-0.3, -0.25) is 9.69 Å². The van der Waals surface area contributed by atoms with E-state index in [9.17, 15) is 4.79 Å². The summed E-state index contributed by atoms with van der Waals surface area (Å²) >= 11 is 1.69. The van der Waals surface area contributed by atoms with Crippen molar-refractivity contribution in [3.8, 4) is 11.8 Å². The molecule has 1 aliphatic rings. The molecule has 0 radical (unpaired) electrons. The Morgan fingerprint density at radius 2 is 2.17 bits per heavy atom. The number of anilines is 1. The molecule has 6 heteroatoms. The van der Waals surface area contributed by atoms with E-state index in [0.717, 1.165) is 43.4 Å². The van der Waals surface area contributed by atoms with Crippen LogP contribution in [0.4, 0.5) is 5.13 Å². The third-order valence-corrected chi connectivity index (χ3v) is 4.78. The van der Waals surface area contributed by atoms with Gasteiger partial charge in [-0.1, -0.05) is 17.9 Å². The van der Waals surface area contributed by atoms with Crippen molar-refractivity contribution < 1.29 is 4.79 Å². The van der Waals surface area contributed by atoms with E-state index >= 15 is 0 Å². The van der Waals surface area contributed by atoms with Gasteiger partial charge >= 0.3 is 0 Å². The van der Waals surface area contributed by atoms with E-state index in [4.69, 9.17) is 0 Å². The van der Waals surface area contributed by atoms with Crippen LogP contribution in [0.25, 0.3) is 0 Å². The van der Waals surface area contributed by atoms with Crippen LogP contribution < -0.4 is 10.2 Å². The number of benzene rings is 1. The maximum Gasteiger partial charge on any atom is 0.251 e. The second-order valence-electron chi connectivity index (χ2n) is 5.54. The minimum atomic E-state index is -0.0861. The molecular formula is C18H20N4OS. The fourth-order valence-electron chi connectivity index (χ4n) is 2.61. The Labute approximate surface area is 146 Å². The van der Waals surface area contributed by atoms with E-state index in [0.29, 0.717) is 5.56 Å². The van der Waals surface area contributed by atoms with Gasteiger partial charge in [0.05, 0.1) is 6.54 Å². The van der Waals surface area contributed by atoms with Gasteiger partial charge in [0.2, 0.25) is 0 Å². The summed E-state index contributed by atoms with van der Waals surface area (Å²) in [6, 6.07) is 7.41. The lowest BCUT2D eigenvalue weighted by atomic mass is 10.1. The molecule has 3 rings (SSSR count). The molecule has 1 aromatic carbocycles. The van der Waals surface area contributed by atoms with Gasteiger partial charge in [-0.05, 0) is 18.2 Å². The number of carbonyl (C=O) groups is 1. The molecule has 1 saturated heterocycles. The fourth-order valence-corrected chi connectivity index (χ4v) is 3.30. The van der Waals surface area contributed by atoms with Gasteiger partial charge in [0, 0.05) is 55.9 Å². The number of piperazine rings is 1. The van der Waals surface area contributed by atoms with Crippen molar-refractivity contribution in [2.24, 2.45) is 0 Å². The lowest BCUT2D eigenvalue weighted by Gasteiger charge is -2.33. The minimum absolute atomic E-state index is 0.0861. The Morgan fingerprint density at radius 3 is 2.88 bits per heavy atom. The first-order valence-corrected chi connectivity index (χ1v) is 8.82. The number of amides is 1. The highest BCUT2D eigenvalue weighted by Gasteiger charge is 2.17. The quantitative estimate of drug-likeness (QED) is 0.864. The Morgan fingerprint density at radius 1 is 1.33 bits per heavy atom. The van der Waals surface area contributed by atoms with E-state index in [2.05, 4.69) is 31.9 Å². The van der Waals surface area contributed by atoms with E-state index in [1.54, 1.807) is 24.5 Å². The SMILES string of the molecule is CNC(=O)c1cccc(C#CCN2CCN(c3nccs3)CC2)c1. The predicted octanol–water partition coefficient (Wildman–Crippen LogP) is 1.68. The monoisotopic (exact) mass is 340 g/mol. The van der Waals surface area contributed by atoms with E-state index in [-0.39, 0.29) is 5.91 Å². The molecule has 1 aliphatic heterocycles. The van der Waals surface area contributed by atoms with Gasteiger partial charge in [0.25, 0.3) is 5.91 Å². The van der Waals surface area contributed by atoms with Crippen LogP contribution in [0, 0.1) is 11.8 Å². The number of aromatic nitrogens is 1. The average molecular weight is 340 g/mol. The van der Waals surface area contributed by atoms with Crippen molar-refractivity contribution in [2.45, 2.75) is 0 Å². The zero-order valence-electron chi connectivity index (χ0n) is 13.7. The summed E-state index contributed by atoms with van der Waals surface area (Å²) in [4.78, 5) is 20.7. The second-order valence-corrected chi connectivity index (χ2v) is 6.41. The number of nitrogens with zero attached hydrogens (tertiary/aromatic N) is 3. The number of thiazole rings is 1. The zero-order chi connectivity index (χ0) is 16.8. The second kappa shape index (κ2) is 7.95. The highest BCUT2D eigenvalue weighted by molar-refractivity contribution is 7.13. The molecule has 0 spiro atoms. The molecule has 24 heavy (non-hydrogen) atoms. The number of rotatable bonds is 3. The number of carbonyl (C=O) groups excluding carboxylic acids is 1. The van der Waals surface area contributed by atoms with Crippen molar-refractivity contribution >= 4 is 22.4 Å². The molecule has 1 fully saturated rings. The first kappa shape index (κ1) is 16.5. The van der Waals surface area contributed by atoms with Crippen LogP contribution in [0.3, 0.4) is 0 Å². The van der Waals surface area contributed by atoms with Gasteiger partial charge in [-0.25, -0.2) is 4.98 Å². The Hall–Kier alpha value is -2.36. The summed E-state index contributed by atoms with van der Waals surface area (Å²) in [7, 11) is 1.63. The molecule has 0 aliphatic carbocycles. The standard InChI is InChI=1S/C18H20N4OS/c1-19-17(23)16-6-2-4-15(14-16)5-3-8-21-9-11-22(12-10-21)18-20-7-13-24-18/h2,4,6-7,13-14H,8-12H2,1H3,(H,19,23). The average Bonchev–Trinajstić information content (AvgIpc) is 3.16. The molecule has 0 unspecified atom stereocenters. The van der Waals surface area contributed by atoms with Crippen molar-refractivity contribution in [3.63, 3.8) is 0 Å². The summed E-state index contributed by atoms with van der Waals surface area (Å²) < 4.78 is 0. The Balaban J connectivity index is 1.52. The largest absolute Gasteiger partial charge is 0.355 e. The molecule has 2 heterocycles. The van der Waals surface area contributed by atoms with Gasteiger partial charge in [0.1, 0.15) is 0 Å². The maximum atomic E-state index is 11.6. The van der Waals surface area contributed by atoms with E-state index < -0.39 is 0 Å². The summed E-state index contributed by atoms with van der Waals surface area (Å²) in [5.41, 5.74) is 1.51. The molecule has 5 nitrogen and oxygen atoms in total. The highest BCUT2D eigenvalue weighted by atomic mass is 32.1. The van der Waals surface area contributed by atoms with Crippen LogP contribution in [0.5, 0.6) is 0 Å². The molecular weight excluding hydrogens is 320 g/mol. The molecule has 0 bridgehead atoms. The first-order valence-electron chi connectivity index (χ1n) is 7.94. The molecule has 1 amide bonds. The van der Waals surface area contributed by atoms with Gasteiger partial charge in [0.15, 0.2) is 5.13 Å². The fraction of sp³-hybridized carbons (Fsp3) is 0.333. The zero-order valence-corrected chi connectivity index (χ0v) is 14.5. The van der Waals surface area contributed by atoms with Gasteiger partial charge in [-0.2, -0.15) is 0 Å². The minimum Gasteiger partial charge on any atom is -0.355 e. The normalized spacial score (nSPS) is 14.8. The molecule has 124 valence electrons. The molecule has 0 saturated carbocycles. The van der Waals surface area contributed by atoms with Crippen LogP contribution in [0.15, 0.2) is 35.8 Å². The number of hydrogen-bond donors (Lipinski definition) is 1. The molecule has 0 atom stereocenters. The topological polar surface area (TPSA) is 48.5 Å². The van der Waals surface area contributed by atoms with E-state index in [1.807, 2.05) is 29.8 Å². The lowest BCUT2D eigenvalue weighted by molar-refractivity contribution is 0.0963. The summed E-state index contributed by atoms with van der Waals surface area (Å²) in [5, 5.41) is 5.75. The van der Waals surface area contributed by atoms with Crippen LogP contribution in [0.2, 0.25) is 0 Å². The summed E-state index contributed by atoms with van der Waals surface area (Å²) in [6.07, 6.45) is 1.85. The van der Waals surface area contributed by atoms with E-state index in [1.165, 1.54) is 0 Å². The first-order chi connectivity index (χ1) is 11.8. The van der Waals surface area contributed by atoms with Crippen LogP contribution in [-0.4, -0.2) is 55.6 Å². The van der Waals surface area contributed by atoms with Crippen molar-refractivity contribution in [3.05, 3.63) is 47.0 Å². The summed E-state index contributed by atoms with van der Waals surface area (Å²) in [5.74, 6) is 6.29. The number of hydrogen-bond acceptors (Lipinski definition) is 5. The van der Waals surface area contributed by atoms with Crippen molar-refractivity contribution in [1.29, 1.82) is 0 Å². The summed E-state index contributed by atoms with van der Waals surface area (Å²) in [6.45, 7) is 4.71. The third kappa shape index (κ3) is 4.13. The van der Waals surface area contributed by atoms with Gasteiger partial charge in [-0.15, -0.1) is 11.3 Å². The smallest absolute Gasteiger partial charge is 0.251 e. The van der Waals surface area contributed by atoms with Crippen LogP contribution >= 0.6 is 11.3 Å². The maximum absolute atomic E-state index is 11.6. The van der Waals surface area contributed by atoms with Crippen LogP contribution in [0.1, 0.15) is 15.9 Å².